The quantitative estimate of drug-likeness (QED) is 0.646. The molecular weight excluding hydrogens is 244 g/mol. The maximum absolute atomic E-state index is 11.8. The number of rotatable bonds is 6. The van der Waals surface area contributed by atoms with Gasteiger partial charge >= 0.3 is 12.0 Å². The molecule has 2 fully saturated rings. The first-order valence-electron chi connectivity index (χ1n) is 7.30. The molecule has 0 aromatic carbocycles. The van der Waals surface area contributed by atoms with E-state index in [1.165, 1.54) is 19.3 Å². The third-order valence-electron chi connectivity index (χ3n) is 4.52. The molecular formula is C14H24N2O3. The summed E-state index contributed by atoms with van der Waals surface area (Å²) >= 11 is 0. The number of amides is 2. The number of hydrogen-bond donors (Lipinski definition) is 3. The molecule has 108 valence electrons. The summed E-state index contributed by atoms with van der Waals surface area (Å²) in [4.78, 5) is 23.0. The zero-order chi connectivity index (χ0) is 13.9. The fourth-order valence-corrected chi connectivity index (χ4v) is 2.86. The molecule has 2 unspecified atom stereocenters. The van der Waals surface area contributed by atoms with Crippen molar-refractivity contribution in [1.82, 2.24) is 10.6 Å². The molecule has 2 amide bonds. The van der Waals surface area contributed by atoms with E-state index in [-0.39, 0.29) is 12.1 Å². The SMILES string of the molecule is CC1(C(=O)O)CCCC1NC(=O)NCCCC1CC1. The highest BCUT2D eigenvalue weighted by Gasteiger charge is 2.45. The predicted molar refractivity (Wildman–Crippen MR) is 71.9 cm³/mol. The number of carbonyl (C=O) groups excluding carboxylic acids is 1. The number of aliphatic carboxylic acids is 1. The van der Waals surface area contributed by atoms with E-state index in [0.29, 0.717) is 13.0 Å². The van der Waals surface area contributed by atoms with Crippen LogP contribution in [-0.2, 0) is 4.79 Å². The van der Waals surface area contributed by atoms with Gasteiger partial charge in [-0.25, -0.2) is 4.79 Å². The Hall–Kier alpha value is -1.26. The predicted octanol–water partition coefficient (Wildman–Crippen LogP) is 2.12. The molecule has 0 aromatic rings. The lowest BCUT2D eigenvalue weighted by atomic mass is 9.85. The molecule has 0 heterocycles. The Balaban J connectivity index is 1.69. The second-order valence-electron chi connectivity index (χ2n) is 6.15. The minimum Gasteiger partial charge on any atom is -0.481 e. The average Bonchev–Trinajstić information content (AvgIpc) is 3.10. The van der Waals surface area contributed by atoms with Crippen LogP contribution in [0.4, 0.5) is 4.79 Å². The highest BCUT2D eigenvalue weighted by atomic mass is 16.4. The van der Waals surface area contributed by atoms with E-state index in [1.54, 1.807) is 6.92 Å². The van der Waals surface area contributed by atoms with Crippen LogP contribution in [0.3, 0.4) is 0 Å². The monoisotopic (exact) mass is 268 g/mol. The fourth-order valence-electron chi connectivity index (χ4n) is 2.86. The van der Waals surface area contributed by atoms with Gasteiger partial charge in [-0.15, -0.1) is 0 Å². The Bertz CT molecular complexity index is 355. The number of urea groups is 1. The van der Waals surface area contributed by atoms with E-state index in [2.05, 4.69) is 10.6 Å². The zero-order valence-corrected chi connectivity index (χ0v) is 11.6. The molecule has 2 aliphatic rings. The van der Waals surface area contributed by atoms with Gasteiger partial charge in [0, 0.05) is 12.6 Å². The molecule has 2 atom stereocenters. The number of carboxylic acid groups (broad SMARTS) is 1. The first-order valence-corrected chi connectivity index (χ1v) is 7.30. The van der Waals surface area contributed by atoms with Crippen molar-refractivity contribution in [2.45, 2.75) is 57.9 Å². The van der Waals surface area contributed by atoms with Crippen molar-refractivity contribution in [3.63, 3.8) is 0 Å². The van der Waals surface area contributed by atoms with Crippen LogP contribution in [0.1, 0.15) is 51.9 Å². The van der Waals surface area contributed by atoms with Crippen molar-refractivity contribution in [3.8, 4) is 0 Å². The van der Waals surface area contributed by atoms with Crippen LogP contribution in [0.25, 0.3) is 0 Å². The molecule has 0 radical (unpaired) electrons. The van der Waals surface area contributed by atoms with Gasteiger partial charge in [-0.05, 0) is 38.5 Å². The van der Waals surface area contributed by atoms with Gasteiger partial charge in [-0.2, -0.15) is 0 Å². The van der Waals surface area contributed by atoms with Crippen LogP contribution in [0.2, 0.25) is 0 Å². The second kappa shape index (κ2) is 5.80. The summed E-state index contributed by atoms with van der Waals surface area (Å²) in [5.74, 6) is 0.0685. The molecule has 5 heteroatoms. The summed E-state index contributed by atoms with van der Waals surface area (Å²) < 4.78 is 0. The number of carboxylic acids is 1. The van der Waals surface area contributed by atoms with Crippen LogP contribution in [0, 0.1) is 11.3 Å². The molecule has 0 bridgehead atoms. The van der Waals surface area contributed by atoms with Crippen molar-refractivity contribution < 1.29 is 14.7 Å². The largest absolute Gasteiger partial charge is 0.481 e. The van der Waals surface area contributed by atoms with Gasteiger partial charge in [0.05, 0.1) is 5.41 Å². The second-order valence-corrected chi connectivity index (χ2v) is 6.15. The van der Waals surface area contributed by atoms with Crippen LogP contribution in [0.15, 0.2) is 0 Å². The van der Waals surface area contributed by atoms with Crippen LogP contribution < -0.4 is 10.6 Å². The Morgan fingerprint density at radius 2 is 2.05 bits per heavy atom. The Labute approximate surface area is 114 Å². The lowest BCUT2D eigenvalue weighted by molar-refractivity contribution is -0.148. The van der Waals surface area contributed by atoms with Gasteiger partial charge in [-0.3, -0.25) is 4.79 Å². The van der Waals surface area contributed by atoms with E-state index in [0.717, 1.165) is 25.2 Å². The van der Waals surface area contributed by atoms with Crippen molar-refractivity contribution in [2.24, 2.45) is 11.3 Å². The lowest BCUT2D eigenvalue weighted by Crippen LogP contribution is -2.50. The van der Waals surface area contributed by atoms with Gasteiger partial charge in [-0.1, -0.05) is 19.3 Å². The Morgan fingerprint density at radius 3 is 2.68 bits per heavy atom. The smallest absolute Gasteiger partial charge is 0.315 e. The molecule has 5 nitrogen and oxygen atoms in total. The third kappa shape index (κ3) is 3.61. The van der Waals surface area contributed by atoms with Gasteiger partial charge in [0.2, 0.25) is 0 Å². The fraction of sp³-hybridized carbons (Fsp3) is 0.857. The van der Waals surface area contributed by atoms with E-state index < -0.39 is 11.4 Å². The maximum atomic E-state index is 11.8. The van der Waals surface area contributed by atoms with Crippen molar-refractivity contribution in [1.29, 1.82) is 0 Å². The maximum Gasteiger partial charge on any atom is 0.315 e. The highest BCUT2D eigenvalue weighted by molar-refractivity contribution is 5.79. The standard InChI is InChI=1S/C14H24N2O3/c1-14(12(17)18)8-2-5-11(14)16-13(19)15-9-3-4-10-6-7-10/h10-11H,2-9H2,1H3,(H,17,18)(H2,15,16,19). The molecule has 2 saturated carbocycles. The summed E-state index contributed by atoms with van der Waals surface area (Å²) in [5, 5.41) is 14.9. The first-order chi connectivity index (χ1) is 9.02. The third-order valence-corrected chi connectivity index (χ3v) is 4.52. The molecule has 3 N–H and O–H groups in total. The van der Waals surface area contributed by atoms with Gasteiger partial charge < -0.3 is 15.7 Å². The van der Waals surface area contributed by atoms with E-state index in [9.17, 15) is 14.7 Å². The molecule has 0 saturated heterocycles. The Kier molecular flexibility index (Phi) is 4.32. The van der Waals surface area contributed by atoms with Crippen molar-refractivity contribution in [2.75, 3.05) is 6.54 Å². The van der Waals surface area contributed by atoms with Crippen molar-refractivity contribution >= 4 is 12.0 Å². The van der Waals surface area contributed by atoms with E-state index in [1.807, 2.05) is 0 Å². The number of hydrogen-bond acceptors (Lipinski definition) is 2. The summed E-state index contributed by atoms with van der Waals surface area (Å²) in [7, 11) is 0. The average molecular weight is 268 g/mol. The Morgan fingerprint density at radius 1 is 1.32 bits per heavy atom. The van der Waals surface area contributed by atoms with E-state index >= 15 is 0 Å². The van der Waals surface area contributed by atoms with Gasteiger partial charge in [0.15, 0.2) is 0 Å². The minimum absolute atomic E-state index is 0.227. The molecule has 2 rings (SSSR count). The summed E-state index contributed by atoms with van der Waals surface area (Å²) in [5.41, 5.74) is -0.814. The zero-order valence-electron chi connectivity index (χ0n) is 11.6. The summed E-state index contributed by atoms with van der Waals surface area (Å²) in [6, 6.07) is -0.483. The van der Waals surface area contributed by atoms with Crippen LogP contribution in [-0.4, -0.2) is 29.7 Å². The molecule has 0 aromatic heterocycles. The molecule has 2 aliphatic carbocycles. The topological polar surface area (TPSA) is 78.4 Å². The molecule has 19 heavy (non-hydrogen) atoms. The van der Waals surface area contributed by atoms with E-state index in [4.69, 9.17) is 0 Å². The van der Waals surface area contributed by atoms with Gasteiger partial charge in [0.25, 0.3) is 0 Å². The van der Waals surface area contributed by atoms with Gasteiger partial charge in [0.1, 0.15) is 0 Å². The number of carbonyl (C=O) groups is 2. The summed E-state index contributed by atoms with van der Waals surface area (Å²) in [6.45, 7) is 2.40. The van der Waals surface area contributed by atoms with Crippen molar-refractivity contribution in [3.05, 3.63) is 0 Å². The van der Waals surface area contributed by atoms with Crippen LogP contribution >= 0.6 is 0 Å². The minimum atomic E-state index is -0.816. The number of nitrogens with one attached hydrogen (secondary N) is 2. The first kappa shape index (κ1) is 14.2. The summed E-state index contributed by atoms with van der Waals surface area (Å²) in [6.07, 6.45) is 7.12. The molecule has 0 aliphatic heterocycles. The highest BCUT2D eigenvalue weighted by Crippen LogP contribution is 2.38. The lowest BCUT2D eigenvalue weighted by Gasteiger charge is -2.27. The molecule has 0 spiro atoms. The van der Waals surface area contributed by atoms with Crippen LogP contribution in [0.5, 0.6) is 0 Å². The normalized spacial score (nSPS) is 30.1.